The van der Waals surface area contributed by atoms with Gasteiger partial charge in [0.15, 0.2) is 0 Å². The summed E-state index contributed by atoms with van der Waals surface area (Å²) in [5, 5.41) is 10.4. The Morgan fingerprint density at radius 3 is 2.84 bits per heavy atom. The molecule has 19 heavy (non-hydrogen) atoms. The third kappa shape index (κ3) is 2.39. The Morgan fingerprint density at radius 1 is 1.16 bits per heavy atom. The molecule has 0 aromatic heterocycles. The highest BCUT2D eigenvalue weighted by atomic mass is 19.1. The van der Waals surface area contributed by atoms with Gasteiger partial charge in [-0.15, -0.1) is 0 Å². The summed E-state index contributed by atoms with van der Waals surface area (Å²) in [5.41, 5.74) is 2.72. The highest BCUT2D eigenvalue weighted by molar-refractivity contribution is 5.33. The van der Waals surface area contributed by atoms with Crippen molar-refractivity contribution in [3.05, 3.63) is 71.0 Å². The lowest BCUT2D eigenvalue weighted by molar-refractivity contribution is -0.0483. The number of aliphatic hydroxyl groups excluding tert-OH is 1. The molecule has 3 rings (SSSR count). The molecule has 0 spiro atoms. The summed E-state index contributed by atoms with van der Waals surface area (Å²) < 4.78 is 18.9. The van der Waals surface area contributed by atoms with Crippen LogP contribution in [0.4, 0.5) is 4.39 Å². The molecular weight excluding hydrogens is 243 g/mol. The van der Waals surface area contributed by atoms with E-state index in [2.05, 4.69) is 0 Å². The molecule has 3 heteroatoms. The van der Waals surface area contributed by atoms with E-state index >= 15 is 0 Å². The molecule has 98 valence electrons. The molecule has 1 aliphatic rings. The molecule has 0 radical (unpaired) electrons. The highest BCUT2D eigenvalue weighted by Crippen LogP contribution is 2.36. The quantitative estimate of drug-likeness (QED) is 0.896. The maximum Gasteiger partial charge on any atom is 0.123 e. The smallest absolute Gasteiger partial charge is 0.123 e. The molecule has 2 aromatic rings. The number of benzene rings is 2. The first-order chi connectivity index (χ1) is 9.25. The van der Waals surface area contributed by atoms with Gasteiger partial charge in [-0.25, -0.2) is 4.39 Å². The van der Waals surface area contributed by atoms with Crippen molar-refractivity contribution in [3.63, 3.8) is 0 Å². The molecule has 2 unspecified atom stereocenters. The molecule has 2 nitrogen and oxygen atoms in total. The van der Waals surface area contributed by atoms with Crippen molar-refractivity contribution in [3.8, 4) is 0 Å². The van der Waals surface area contributed by atoms with Crippen LogP contribution in [-0.4, -0.2) is 11.7 Å². The Kier molecular flexibility index (Phi) is 3.32. The zero-order valence-corrected chi connectivity index (χ0v) is 10.4. The number of halogens is 1. The van der Waals surface area contributed by atoms with Gasteiger partial charge in [0, 0.05) is 0 Å². The average molecular weight is 258 g/mol. The predicted molar refractivity (Wildman–Crippen MR) is 70.2 cm³/mol. The van der Waals surface area contributed by atoms with Gasteiger partial charge in [-0.2, -0.15) is 0 Å². The highest BCUT2D eigenvalue weighted by Gasteiger charge is 2.28. The third-order valence-corrected chi connectivity index (χ3v) is 3.51. The van der Waals surface area contributed by atoms with Gasteiger partial charge in [0.05, 0.1) is 6.61 Å². The van der Waals surface area contributed by atoms with Gasteiger partial charge in [-0.05, 0) is 35.2 Å². The van der Waals surface area contributed by atoms with Crippen LogP contribution in [0.2, 0.25) is 0 Å². The van der Waals surface area contributed by atoms with E-state index in [0.717, 1.165) is 12.0 Å². The first-order valence-corrected chi connectivity index (χ1v) is 6.38. The first kappa shape index (κ1) is 12.3. The van der Waals surface area contributed by atoms with Gasteiger partial charge in [0.2, 0.25) is 0 Å². The van der Waals surface area contributed by atoms with Crippen LogP contribution in [0.1, 0.15) is 28.9 Å². The van der Waals surface area contributed by atoms with E-state index in [-0.39, 0.29) is 5.82 Å². The number of rotatable bonds is 2. The fourth-order valence-corrected chi connectivity index (χ4v) is 2.55. The number of hydrogen-bond acceptors (Lipinski definition) is 2. The van der Waals surface area contributed by atoms with Crippen molar-refractivity contribution >= 4 is 0 Å². The molecule has 2 aromatic carbocycles. The lowest BCUT2D eigenvalue weighted by Gasteiger charge is -2.30. The van der Waals surface area contributed by atoms with Crippen LogP contribution in [0.25, 0.3) is 0 Å². The Morgan fingerprint density at radius 2 is 2.00 bits per heavy atom. The molecule has 1 aliphatic heterocycles. The van der Waals surface area contributed by atoms with Crippen LogP contribution in [0, 0.1) is 5.82 Å². The molecule has 0 aliphatic carbocycles. The van der Waals surface area contributed by atoms with Crippen LogP contribution in [0.15, 0.2) is 48.5 Å². The first-order valence-electron chi connectivity index (χ1n) is 6.38. The zero-order chi connectivity index (χ0) is 13.2. The lowest BCUT2D eigenvalue weighted by Crippen LogP contribution is -2.22. The topological polar surface area (TPSA) is 29.5 Å². The Bertz CT molecular complexity index is 582. The van der Waals surface area contributed by atoms with Crippen molar-refractivity contribution in [2.24, 2.45) is 0 Å². The van der Waals surface area contributed by atoms with Crippen molar-refractivity contribution in [2.75, 3.05) is 6.61 Å². The van der Waals surface area contributed by atoms with Crippen molar-refractivity contribution in [1.82, 2.24) is 0 Å². The second kappa shape index (κ2) is 5.11. The van der Waals surface area contributed by atoms with Crippen LogP contribution < -0.4 is 0 Å². The molecule has 0 amide bonds. The Labute approximate surface area is 111 Å². The van der Waals surface area contributed by atoms with Gasteiger partial charge >= 0.3 is 0 Å². The summed E-state index contributed by atoms with van der Waals surface area (Å²) in [6, 6.07) is 14.0. The van der Waals surface area contributed by atoms with Crippen LogP contribution in [0.3, 0.4) is 0 Å². The van der Waals surface area contributed by atoms with Crippen molar-refractivity contribution < 1.29 is 14.2 Å². The normalized spacial score (nSPS) is 19.8. The van der Waals surface area contributed by atoms with Crippen LogP contribution in [0.5, 0.6) is 0 Å². The average Bonchev–Trinajstić information content (AvgIpc) is 2.46. The molecular formula is C16H15FO2. The van der Waals surface area contributed by atoms with E-state index in [9.17, 15) is 9.50 Å². The Balaban J connectivity index is 1.95. The lowest BCUT2D eigenvalue weighted by atomic mass is 9.91. The van der Waals surface area contributed by atoms with Gasteiger partial charge in [-0.1, -0.05) is 36.4 Å². The molecule has 1 heterocycles. The van der Waals surface area contributed by atoms with E-state index in [0.29, 0.717) is 12.2 Å². The maximum atomic E-state index is 13.2. The second-order valence-electron chi connectivity index (χ2n) is 4.74. The van der Waals surface area contributed by atoms with E-state index < -0.39 is 12.2 Å². The fourth-order valence-electron chi connectivity index (χ4n) is 2.55. The van der Waals surface area contributed by atoms with Crippen molar-refractivity contribution in [2.45, 2.75) is 18.6 Å². The fraction of sp³-hybridized carbons (Fsp3) is 0.250. The van der Waals surface area contributed by atoms with E-state index in [1.165, 1.54) is 17.7 Å². The summed E-state index contributed by atoms with van der Waals surface area (Å²) in [7, 11) is 0. The van der Waals surface area contributed by atoms with Gasteiger partial charge in [0.1, 0.15) is 18.0 Å². The summed E-state index contributed by atoms with van der Waals surface area (Å²) >= 11 is 0. The van der Waals surface area contributed by atoms with Gasteiger partial charge in [-0.3, -0.25) is 0 Å². The largest absolute Gasteiger partial charge is 0.385 e. The summed E-state index contributed by atoms with van der Waals surface area (Å²) in [6.45, 7) is 0.577. The molecule has 0 saturated carbocycles. The molecule has 0 saturated heterocycles. The number of hydrogen-bond donors (Lipinski definition) is 1. The SMILES string of the molecule is OC(c1cccc(F)c1)C1OCCc2ccccc21. The number of ether oxygens (including phenoxy) is 1. The minimum atomic E-state index is -0.850. The van der Waals surface area contributed by atoms with Gasteiger partial charge < -0.3 is 9.84 Å². The molecule has 0 bridgehead atoms. The second-order valence-corrected chi connectivity index (χ2v) is 4.74. The van der Waals surface area contributed by atoms with Crippen LogP contribution in [-0.2, 0) is 11.2 Å². The summed E-state index contributed by atoms with van der Waals surface area (Å²) in [6.07, 6.45) is -0.424. The number of fused-ring (bicyclic) bond motifs is 1. The summed E-state index contributed by atoms with van der Waals surface area (Å²) in [4.78, 5) is 0. The van der Waals surface area contributed by atoms with Gasteiger partial charge in [0.25, 0.3) is 0 Å². The summed E-state index contributed by atoms with van der Waals surface area (Å²) in [5.74, 6) is -0.347. The number of aliphatic hydroxyl groups is 1. The molecule has 1 N–H and O–H groups in total. The Hall–Kier alpha value is -1.71. The molecule has 0 fully saturated rings. The maximum absolute atomic E-state index is 13.2. The minimum Gasteiger partial charge on any atom is -0.385 e. The van der Waals surface area contributed by atoms with E-state index in [4.69, 9.17) is 4.74 Å². The zero-order valence-electron chi connectivity index (χ0n) is 10.4. The van der Waals surface area contributed by atoms with E-state index in [1.54, 1.807) is 12.1 Å². The van der Waals surface area contributed by atoms with E-state index in [1.807, 2.05) is 24.3 Å². The third-order valence-electron chi connectivity index (χ3n) is 3.51. The van der Waals surface area contributed by atoms with Crippen molar-refractivity contribution in [1.29, 1.82) is 0 Å². The monoisotopic (exact) mass is 258 g/mol. The molecule has 2 atom stereocenters. The minimum absolute atomic E-state index is 0.347. The van der Waals surface area contributed by atoms with Crippen LogP contribution >= 0.6 is 0 Å². The standard InChI is InChI=1S/C16H15FO2/c17-13-6-3-5-12(10-13)15(18)16-14-7-2-1-4-11(14)8-9-19-16/h1-7,10,15-16,18H,8-9H2. The predicted octanol–water partition coefficient (Wildman–Crippen LogP) is 3.17.